The van der Waals surface area contributed by atoms with Crippen LogP contribution in [0.4, 0.5) is 11.4 Å². The Kier molecular flexibility index (Phi) is 6.56. The monoisotopic (exact) mass is 448 g/mol. The Morgan fingerprint density at radius 2 is 1.67 bits per heavy atom. The van der Waals surface area contributed by atoms with Gasteiger partial charge < -0.3 is 24.8 Å². The number of amides is 1. The lowest BCUT2D eigenvalue weighted by Crippen LogP contribution is -2.45. The van der Waals surface area contributed by atoms with Crippen molar-refractivity contribution in [3.05, 3.63) is 58.7 Å². The highest BCUT2D eigenvalue weighted by Crippen LogP contribution is 2.39. The van der Waals surface area contributed by atoms with Gasteiger partial charge in [0.25, 0.3) is 5.91 Å². The quantitative estimate of drug-likeness (QED) is 0.777. The van der Waals surface area contributed by atoms with Crippen molar-refractivity contribution < 1.29 is 9.53 Å². The number of hydrogen-bond acceptors (Lipinski definition) is 5. The van der Waals surface area contributed by atoms with E-state index < -0.39 is 0 Å². The fourth-order valence-corrected chi connectivity index (χ4v) is 5.46. The molecule has 1 amide bonds. The highest BCUT2D eigenvalue weighted by atomic mass is 16.5. The normalized spacial score (nSPS) is 21.6. The number of morpholine rings is 1. The fraction of sp³-hybridized carbons (Fsp3) is 0.519. The molecule has 2 aromatic carbocycles. The molecule has 0 bridgehead atoms. The number of hydrogen-bond donors (Lipinski definition) is 1. The molecule has 1 N–H and O–H groups in total. The molecule has 2 fully saturated rings. The maximum Gasteiger partial charge on any atom is 0.251 e. The minimum Gasteiger partial charge on any atom is -0.378 e. The second-order valence-electron chi connectivity index (χ2n) is 9.65. The van der Waals surface area contributed by atoms with E-state index in [4.69, 9.17) is 4.74 Å². The second kappa shape index (κ2) is 9.74. The lowest BCUT2D eigenvalue weighted by Gasteiger charge is -2.38. The van der Waals surface area contributed by atoms with Crippen molar-refractivity contribution in [1.29, 1.82) is 0 Å². The molecule has 0 aromatic heterocycles. The number of piperazine rings is 1. The van der Waals surface area contributed by atoms with Gasteiger partial charge in [0.2, 0.25) is 0 Å². The average Bonchev–Trinajstić information content (AvgIpc) is 2.86. The lowest BCUT2D eigenvalue weighted by molar-refractivity contribution is 0.0932. The maximum absolute atomic E-state index is 13.3. The highest BCUT2D eigenvalue weighted by Gasteiger charge is 2.29. The molecule has 0 radical (unpaired) electrons. The number of nitrogens with zero attached hydrogens (tertiary/aromatic N) is 3. The Bertz CT molecular complexity index is 976. The number of anilines is 2. The Labute approximate surface area is 197 Å². The molecule has 2 heterocycles. The smallest absolute Gasteiger partial charge is 0.251 e. The molecule has 5 rings (SSSR count). The molecule has 2 aliphatic heterocycles. The van der Waals surface area contributed by atoms with Gasteiger partial charge in [-0.25, -0.2) is 0 Å². The van der Waals surface area contributed by atoms with Crippen molar-refractivity contribution >= 4 is 17.3 Å². The highest BCUT2D eigenvalue weighted by molar-refractivity contribution is 5.95. The molecule has 1 aliphatic carbocycles. The van der Waals surface area contributed by atoms with Crippen LogP contribution in [0.15, 0.2) is 36.4 Å². The van der Waals surface area contributed by atoms with E-state index in [1.165, 1.54) is 22.4 Å². The van der Waals surface area contributed by atoms with Crippen LogP contribution in [0.1, 0.15) is 45.9 Å². The van der Waals surface area contributed by atoms with E-state index in [0.29, 0.717) is 0 Å². The molecule has 3 aliphatic rings. The van der Waals surface area contributed by atoms with Gasteiger partial charge in [0.15, 0.2) is 0 Å². The van der Waals surface area contributed by atoms with Crippen LogP contribution in [0.2, 0.25) is 0 Å². The third-order valence-electron chi connectivity index (χ3n) is 7.49. The number of likely N-dealkylation sites (N-methyl/N-ethyl adjacent to an activating group) is 1. The molecule has 176 valence electrons. The second-order valence-corrected chi connectivity index (χ2v) is 9.65. The van der Waals surface area contributed by atoms with Gasteiger partial charge in [-0.2, -0.15) is 0 Å². The molecule has 6 nitrogen and oxygen atoms in total. The Balaban J connectivity index is 1.36. The van der Waals surface area contributed by atoms with E-state index in [1.54, 1.807) is 0 Å². The molecule has 2 aromatic rings. The number of carbonyl (C=O) groups excluding carboxylic acids is 1. The molecular weight excluding hydrogens is 412 g/mol. The first kappa shape index (κ1) is 22.2. The zero-order valence-corrected chi connectivity index (χ0v) is 20.0. The van der Waals surface area contributed by atoms with Gasteiger partial charge in [0, 0.05) is 61.8 Å². The van der Waals surface area contributed by atoms with Crippen molar-refractivity contribution in [1.82, 2.24) is 10.2 Å². The first-order valence-electron chi connectivity index (χ1n) is 12.4. The van der Waals surface area contributed by atoms with Crippen LogP contribution in [0.3, 0.4) is 0 Å². The minimum atomic E-state index is 0.0206. The van der Waals surface area contributed by atoms with Gasteiger partial charge in [0.1, 0.15) is 0 Å². The Morgan fingerprint density at radius 1 is 0.939 bits per heavy atom. The first-order valence-corrected chi connectivity index (χ1v) is 12.4. The Hall–Kier alpha value is -2.57. The number of benzene rings is 2. The zero-order chi connectivity index (χ0) is 22.8. The molecular formula is C27H36N4O2. The first-order chi connectivity index (χ1) is 16.1. The minimum absolute atomic E-state index is 0.0206. The summed E-state index contributed by atoms with van der Waals surface area (Å²) in [7, 11) is 2.19. The number of nitrogens with one attached hydrogen (secondary N) is 1. The lowest BCUT2D eigenvalue weighted by atomic mass is 9.83. The largest absolute Gasteiger partial charge is 0.378 e. The van der Waals surface area contributed by atoms with Crippen molar-refractivity contribution in [3.8, 4) is 0 Å². The zero-order valence-electron chi connectivity index (χ0n) is 20.0. The summed E-state index contributed by atoms with van der Waals surface area (Å²) in [6, 6.07) is 12.7. The van der Waals surface area contributed by atoms with Crippen LogP contribution in [-0.2, 0) is 11.2 Å². The number of aryl methyl sites for hydroxylation is 1. The van der Waals surface area contributed by atoms with Crippen LogP contribution in [0.25, 0.3) is 0 Å². The maximum atomic E-state index is 13.3. The van der Waals surface area contributed by atoms with Crippen LogP contribution < -0.4 is 15.1 Å². The average molecular weight is 449 g/mol. The van der Waals surface area contributed by atoms with Crippen molar-refractivity contribution in [2.45, 2.75) is 32.2 Å². The summed E-state index contributed by atoms with van der Waals surface area (Å²) in [5.41, 5.74) is 7.33. The van der Waals surface area contributed by atoms with Crippen molar-refractivity contribution in [2.75, 3.05) is 69.3 Å². The Morgan fingerprint density at radius 3 is 2.39 bits per heavy atom. The summed E-state index contributed by atoms with van der Waals surface area (Å²) >= 11 is 0. The number of fused-ring (bicyclic) bond motifs is 1. The molecule has 1 unspecified atom stereocenters. The van der Waals surface area contributed by atoms with Gasteiger partial charge >= 0.3 is 0 Å². The summed E-state index contributed by atoms with van der Waals surface area (Å²) in [6.07, 6.45) is 3.21. The summed E-state index contributed by atoms with van der Waals surface area (Å²) in [5.74, 6) is 0.0206. The molecule has 6 heteroatoms. The van der Waals surface area contributed by atoms with E-state index in [-0.39, 0.29) is 11.9 Å². The van der Waals surface area contributed by atoms with Crippen molar-refractivity contribution in [2.24, 2.45) is 0 Å². The van der Waals surface area contributed by atoms with E-state index in [9.17, 15) is 4.79 Å². The van der Waals surface area contributed by atoms with Gasteiger partial charge in [-0.3, -0.25) is 4.79 Å². The summed E-state index contributed by atoms with van der Waals surface area (Å²) in [6.45, 7) is 9.77. The van der Waals surface area contributed by atoms with Gasteiger partial charge in [-0.05, 0) is 74.7 Å². The molecule has 1 atom stereocenters. The van der Waals surface area contributed by atoms with Crippen LogP contribution in [0.5, 0.6) is 0 Å². The van der Waals surface area contributed by atoms with Crippen LogP contribution in [-0.4, -0.2) is 70.3 Å². The van der Waals surface area contributed by atoms with E-state index in [0.717, 1.165) is 83.0 Å². The summed E-state index contributed by atoms with van der Waals surface area (Å²) in [5, 5.41) is 3.40. The summed E-state index contributed by atoms with van der Waals surface area (Å²) < 4.78 is 5.45. The fourth-order valence-electron chi connectivity index (χ4n) is 5.46. The van der Waals surface area contributed by atoms with E-state index in [1.807, 2.05) is 12.1 Å². The van der Waals surface area contributed by atoms with Crippen LogP contribution >= 0.6 is 0 Å². The molecule has 0 spiro atoms. The third-order valence-corrected chi connectivity index (χ3v) is 7.49. The molecule has 2 saturated heterocycles. The number of rotatable bonds is 4. The number of ether oxygens (including phenoxy) is 1. The number of carbonyl (C=O) groups is 1. The predicted molar refractivity (Wildman–Crippen MR) is 134 cm³/mol. The molecule has 33 heavy (non-hydrogen) atoms. The van der Waals surface area contributed by atoms with E-state index >= 15 is 0 Å². The summed E-state index contributed by atoms with van der Waals surface area (Å²) in [4.78, 5) is 20.5. The predicted octanol–water partition coefficient (Wildman–Crippen LogP) is 3.39. The van der Waals surface area contributed by atoms with E-state index in [2.05, 4.69) is 58.3 Å². The third kappa shape index (κ3) is 4.73. The van der Waals surface area contributed by atoms with Gasteiger partial charge in [0.05, 0.1) is 19.3 Å². The SMILES string of the molecule is Cc1ccc(N2CCN(C)CC2)c2c1CCCC2NC(=O)c1ccc(N2CCOCC2)cc1. The van der Waals surface area contributed by atoms with Crippen molar-refractivity contribution in [3.63, 3.8) is 0 Å². The topological polar surface area (TPSA) is 48.0 Å². The van der Waals surface area contributed by atoms with Gasteiger partial charge in [-0.15, -0.1) is 0 Å². The van der Waals surface area contributed by atoms with Gasteiger partial charge in [-0.1, -0.05) is 6.07 Å². The van der Waals surface area contributed by atoms with Crippen LogP contribution in [0, 0.1) is 6.92 Å². The standard InChI is InChI=1S/C27H36N4O2/c1-20-6-11-25(31-14-12-29(2)13-15-31)26-23(20)4-3-5-24(26)28-27(32)21-7-9-22(10-8-21)30-16-18-33-19-17-30/h6-11,24H,3-5,12-19H2,1-2H3,(H,28,32). The molecule has 0 saturated carbocycles.